The molecule has 0 aliphatic heterocycles. The van der Waals surface area contributed by atoms with E-state index in [9.17, 15) is 46.1 Å². The summed E-state index contributed by atoms with van der Waals surface area (Å²) in [5.74, 6) is -3.26. The van der Waals surface area contributed by atoms with Gasteiger partial charge in [-0.05, 0) is 23.3 Å². The molecule has 2 aromatic carbocycles. The summed E-state index contributed by atoms with van der Waals surface area (Å²) >= 11 is 0. The van der Waals surface area contributed by atoms with E-state index in [1.54, 1.807) is 0 Å². The van der Waals surface area contributed by atoms with E-state index < -0.39 is 60.5 Å². The molecule has 0 bridgehead atoms. The predicted molar refractivity (Wildman–Crippen MR) is 94.2 cm³/mol. The Hall–Kier alpha value is -3.08. The number of hydrogen-bond donors (Lipinski definition) is 2. The first kappa shape index (κ1) is 24.2. The molecule has 0 heterocycles. The van der Waals surface area contributed by atoms with E-state index in [2.05, 4.69) is 0 Å². The lowest BCUT2D eigenvalue weighted by Gasteiger charge is -2.20. The minimum Gasteiger partial charge on any atom is -0.479 e. The molecule has 0 aliphatic rings. The van der Waals surface area contributed by atoms with Gasteiger partial charge in [-0.2, -0.15) is 26.3 Å². The van der Waals surface area contributed by atoms with Crippen molar-refractivity contribution < 1.29 is 50.9 Å². The molecule has 2 N–H and O–H groups in total. The van der Waals surface area contributed by atoms with Crippen LogP contribution in [0.1, 0.15) is 22.3 Å². The van der Waals surface area contributed by atoms with Crippen molar-refractivity contribution in [2.24, 2.45) is 0 Å². The average Bonchev–Trinajstić information content (AvgIpc) is 2.65. The minimum absolute atomic E-state index is 0.0644. The zero-order valence-electron chi connectivity index (χ0n) is 15.6. The van der Waals surface area contributed by atoms with Crippen LogP contribution in [0.2, 0.25) is 0 Å². The van der Waals surface area contributed by atoms with Crippen LogP contribution in [0, 0.1) is 0 Å². The molecule has 168 valence electrons. The van der Waals surface area contributed by atoms with Gasteiger partial charge in [0.25, 0.3) is 0 Å². The maximum absolute atomic E-state index is 12.8. The van der Waals surface area contributed by atoms with Gasteiger partial charge in [-0.3, -0.25) is 0 Å². The summed E-state index contributed by atoms with van der Waals surface area (Å²) in [6.45, 7) is 0. The highest BCUT2D eigenvalue weighted by atomic mass is 19.4. The quantitative estimate of drug-likeness (QED) is 0.582. The van der Waals surface area contributed by atoms with Crippen molar-refractivity contribution in [2.75, 3.05) is 0 Å². The highest BCUT2D eigenvalue weighted by Gasteiger charge is 2.33. The highest BCUT2D eigenvalue weighted by molar-refractivity contribution is 5.76. The van der Waals surface area contributed by atoms with E-state index in [0.29, 0.717) is 12.1 Å². The number of ether oxygens (including phenoxy) is 1. The van der Waals surface area contributed by atoms with Crippen LogP contribution in [0.3, 0.4) is 0 Å². The summed E-state index contributed by atoms with van der Waals surface area (Å²) in [5, 5.41) is 18.6. The van der Waals surface area contributed by atoms with Crippen LogP contribution >= 0.6 is 0 Å². The summed E-state index contributed by atoms with van der Waals surface area (Å²) in [5.41, 5.74) is -2.17. The molecule has 11 heteroatoms. The first-order valence-electron chi connectivity index (χ1n) is 8.70. The first-order chi connectivity index (χ1) is 14.3. The van der Waals surface area contributed by atoms with Crippen molar-refractivity contribution in [1.82, 2.24) is 0 Å². The van der Waals surface area contributed by atoms with Gasteiger partial charge < -0.3 is 14.9 Å². The van der Waals surface area contributed by atoms with Gasteiger partial charge in [0.1, 0.15) is 0 Å². The molecule has 0 saturated carbocycles. The summed E-state index contributed by atoms with van der Waals surface area (Å²) in [4.78, 5) is 23.0. The molecular weight excluding hydrogens is 434 g/mol. The predicted octanol–water partition coefficient (Wildman–Crippen LogP) is 4.43. The first-order valence-corrected chi connectivity index (χ1v) is 8.70. The van der Waals surface area contributed by atoms with E-state index in [4.69, 9.17) is 4.74 Å². The fourth-order valence-electron chi connectivity index (χ4n) is 2.76. The Morgan fingerprint density at radius 3 is 1.39 bits per heavy atom. The van der Waals surface area contributed by atoms with Crippen molar-refractivity contribution in [3.05, 3.63) is 70.8 Å². The van der Waals surface area contributed by atoms with Crippen LogP contribution < -0.4 is 0 Å². The van der Waals surface area contributed by atoms with Crippen LogP contribution in [-0.2, 0) is 39.5 Å². The third-order valence-electron chi connectivity index (χ3n) is 4.23. The number of carboxylic acid groups (broad SMARTS) is 2. The molecule has 2 aromatic rings. The number of halogens is 6. The smallest absolute Gasteiger partial charge is 0.416 e. The fourth-order valence-corrected chi connectivity index (χ4v) is 2.76. The normalized spacial score (nSPS) is 14.1. The van der Waals surface area contributed by atoms with E-state index in [1.807, 2.05) is 0 Å². The van der Waals surface area contributed by atoms with Crippen LogP contribution in [-0.4, -0.2) is 34.4 Å². The third-order valence-corrected chi connectivity index (χ3v) is 4.23. The molecular formula is C20H16F6O5. The van der Waals surface area contributed by atoms with Crippen molar-refractivity contribution >= 4 is 11.9 Å². The van der Waals surface area contributed by atoms with Crippen LogP contribution in [0.5, 0.6) is 0 Å². The molecule has 0 saturated heterocycles. The molecule has 0 amide bonds. The third kappa shape index (κ3) is 6.99. The number of rotatable bonds is 8. The van der Waals surface area contributed by atoms with Gasteiger partial charge in [-0.25, -0.2) is 9.59 Å². The van der Waals surface area contributed by atoms with Gasteiger partial charge in [-0.1, -0.05) is 36.4 Å². The molecule has 0 radical (unpaired) electrons. The van der Waals surface area contributed by atoms with Crippen molar-refractivity contribution in [3.8, 4) is 0 Å². The van der Waals surface area contributed by atoms with Gasteiger partial charge in [0.15, 0.2) is 12.2 Å². The Kier molecular flexibility index (Phi) is 7.32. The maximum atomic E-state index is 12.8. The topological polar surface area (TPSA) is 83.8 Å². The average molecular weight is 450 g/mol. The second kappa shape index (κ2) is 9.38. The van der Waals surface area contributed by atoms with Crippen molar-refractivity contribution in [1.29, 1.82) is 0 Å². The van der Waals surface area contributed by atoms with Gasteiger partial charge in [0.2, 0.25) is 0 Å². The van der Waals surface area contributed by atoms with Crippen LogP contribution in [0.4, 0.5) is 26.3 Å². The van der Waals surface area contributed by atoms with Crippen molar-refractivity contribution in [3.63, 3.8) is 0 Å². The molecule has 0 fully saturated rings. The molecule has 0 spiro atoms. The maximum Gasteiger partial charge on any atom is 0.416 e. The Morgan fingerprint density at radius 2 is 1.10 bits per heavy atom. The summed E-state index contributed by atoms with van der Waals surface area (Å²) in [7, 11) is 0. The molecule has 2 unspecified atom stereocenters. The van der Waals surface area contributed by atoms with Gasteiger partial charge in [0, 0.05) is 12.8 Å². The van der Waals surface area contributed by atoms with Gasteiger partial charge in [0.05, 0.1) is 11.1 Å². The summed E-state index contributed by atoms with van der Waals surface area (Å²) in [6.07, 6.45) is -14.2. The van der Waals surface area contributed by atoms with E-state index in [0.717, 1.165) is 24.3 Å². The summed E-state index contributed by atoms with van der Waals surface area (Å²) < 4.78 is 82.1. The number of hydrogen-bond acceptors (Lipinski definition) is 3. The Labute approximate surface area is 171 Å². The number of alkyl halides is 6. The highest BCUT2D eigenvalue weighted by Crippen LogP contribution is 2.31. The number of aliphatic carboxylic acids is 2. The number of carboxylic acids is 2. The van der Waals surface area contributed by atoms with E-state index >= 15 is 0 Å². The zero-order valence-corrected chi connectivity index (χ0v) is 15.6. The van der Waals surface area contributed by atoms with E-state index in [-0.39, 0.29) is 11.1 Å². The summed E-state index contributed by atoms with van der Waals surface area (Å²) in [6, 6.07) is 7.56. The fraction of sp³-hybridized carbons (Fsp3) is 0.300. The Morgan fingerprint density at radius 1 is 0.742 bits per heavy atom. The molecule has 5 nitrogen and oxygen atoms in total. The molecule has 0 aromatic heterocycles. The molecule has 0 aliphatic carbocycles. The number of carbonyl (C=O) groups is 2. The Balaban J connectivity index is 2.21. The lowest BCUT2D eigenvalue weighted by molar-refractivity contribution is -0.165. The van der Waals surface area contributed by atoms with Gasteiger partial charge in [-0.15, -0.1) is 0 Å². The van der Waals surface area contributed by atoms with E-state index in [1.165, 1.54) is 12.1 Å². The van der Waals surface area contributed by atoms with Crippen molar-refractivity contribution in [2.45, 2.75) is 37.4 Å². The lowest BCUT2D eigenvalue weighted by Crippen LogP contribution is -2.36. The molecule has 31 heavy (non-hydrogen) atoms. The van der Waals surface area contributed by atoms with Crippen LogP contribution in [0.15, 0.2) is 48.5 Å². The monoisotopic (exact) mass is 450 g/mol. The van der Waals surface area contributed by atoms with Gasteiger partial charge >= 0.3 is 24.3 Å². The number of benzene rings is 2. The standard InChI is InChI=1S/C20H16F6O5/c21-19(22,23)13-5-1-3-11(7-13)9-15(17(27)28)31-16(18(29)30)10-12-4-2-6-14(8-12)20(24,25)26/h1-8,15-16H,9-10H2,(H,27,28)(H,29,30). The Bertz CT molecular complexity index is 863. The lowest BCUT2D eigenvalue weighted by atomic mass is 10.0. The minimum atomic E-state index is -4.66. The molecule has 2 atom stereocenters. The SMILES string of the molecule is O=C(O)C(Cc1cccc(C(F)(F)F)c1)OC(Cc1cccc(C(F)(F)F)c1)C(=O)O. The van der Waals surface area contributed by atoms with Crippen LogP contribution in [0.25, 0.3) is 0 Å². The second-order valence-corrected chi connectivity index (χ2v) is 6.59. The molecule has 2 rings (SSSR count). The zero-order chi connectivity index (χ0) is 23.4. The second-order valence-electron chi connectivity index (χ2n) is 6.59. The largest absolute Gasteiger partial charge is 0.479 e.